The Hall–Kier alpha value is -0.0800. The van der Waals surface area contributed by atoms with Gasteiger partial charge in [0.2, 0.25) is 0 Å². The summed E-state index contributed by atoms with van der Waals surface area (Å²) in [6, 6.07) is 0.792. The van der Waals surface area contributed by atoms with Crippen molar-refractivity contribution in [3.8, 4) is 0 Å². The maximum absolute atomic E-state index is 6.11. The average molecular weight is 295 g/mol. The molecule has 0 aromatic rings. The second-order valence-electron chi connectivity index (χ2n) is 7.65. The van der Waals surface area contributed by atoms with Gasteiger partial charge in [-0.15, -0.1) is 0 Å². The van der Waals surface area contributed by atoms with Gasteiger partial charge in [0.05, 0.1) is 0 Å². The van der Waals surface area contributed by atoms with Crippen molar-refractivity contribution >= 4 is 0 Å². The lowest BCUT2D eigenvalue weighted by molar-refractivity contribution is 0.0807. The normalized spacial score (nSPS) is 35.6. The van der Waals surface area contributed by atoms with E-state index in [0.29, 0.717) is 0 Å². The zero-order valence-corrected chi connectivity index (χ0v) is 14.5. The van der Waals surface area contributed by atoms with E-state index in [2.05, 4.69) is 18.7 Å². The molecule has 0 radical (unpaired) electrons. The molecule has 1 heterocycles. The fourth-order valence-corrected chi connectivity index (χ4v) is 4.90. The molecule has 0 aromatic carbocycles. The van der Waals surface area contributed by atoms with Crippen LogP contribution in [0.2, 0.25) is 0 Å². The first-order valence-corrected chi connectivity index (χ1v) is 9.72. The molecule has 0 bridgehead atoms. The van der Waals surface area contributed by atoms with E-state index in [1.165, 1.54) is 77.3 Å². The lowest BCUT2D eigenvalue weighted by atomic mass is 9.76. The molecule has 0 aromatic heterocycles. The van der Waals surface area contributed by atoms with Crippen molar-refractivity contribution in [2.75, 3.05) is 19.6 Å². The molecule has 2 nitrogen and oxygen atoms in total. The molecule has 1 aliphatic heterocycles. The molecule has 4 atom stereocenters. The van der Waals surface area contributed by atoms with Crippen LogP contribution in [-0.2, 0) is 0 Å². The maximum atomic E-state index is 6.11. The molecule has 124 valence electrons. The molecule has 21 heavy (non-hydrogen) atoms. The third kappa shape index (κ3) is 4.96. The quantitative estimate of drug-likeness (QED) is 0.785. The third-order valence-electron chi connectivity index (χ3n) is 6.11. The molecule has 1 saturated heterocycles. The lowest BCUT2D eigenvalue weighted by Crippen LogP contribution is -2.47. The third-order valence-corrected chi connectivity index (χ3v) is 6.11. The van der Waals surface area contributed by atoms with Crippen molar-refractivity contribution in [2.24, 2.45) is 23.5 Å². The van der Waals surface area contributed by atoms with Crippen LogP contribution in [0.15, 0.2) is 0 Å². The fraction of sp³-hybridized carbons (Fsp3) is 1.00. The van der Waals surface area contributed by atoms with Gasteiger partial charge in [-0.05, 0) is 69.5 Å². The van der Waals surface area contributed by atoms with Crippen molar-refractivity contribution < 1.29 is 0 Å². The molecule has 2 aliphatic rings. The van der Waals surface area contributed by atoms with Crippen LogP contribution in [0.5, 0.6) is 0 Å². The van der Waals surface area contributed by atoms with Crippen LogP contribution in [0.3, 0.4) is 0 Å². The van der Waals surface area contributed by atoms with Gasteiger partial charge >= 0.3 is 0 Å². The van der Waals surface area contributed by atoms with E-state index in [1.54, 1.807) is 0 Å². The highest BCUT2D eigenvalue weighted by atomic mass is 15.2. The Morgan fingerprint density at radius 1 is 0.905 bits per heavy atom. The van der Waals surface area contributed by atoms with Crippen LogP contribution < -0.4 is 5.73 Å². The number of nitrogens with zero attached hydrogens (tertiary/aromatic N) is 1. The fourth-order valence-electron chi connectivity index (χ4n) is 4.90. The van der Waals surface area contributed by atoms with Gasteiger partial charge in [0.1, 0.15) is 0 Å². The largest absolute Gasteiger partial charge is 0.330 e. The predicted molar refractivity (Wildman–Crippen MR) is 92.4 cm³/mol. The monoisotopic (exact) mass is 294 g/mol. The standard InChI is InChI=1S/C19H38N2/c1-3-6-16-8-5-12-21(13-11-16)19-14-17(7-4-2)9-10-18(19)15-20/h16-19H,3-15,20H2,1-2H3. The molecule has 2 N–H and O–H groups in total. The van der Waals surface area contributed by atoms with Gasteiger partial charge in [-0.3, -0.25) is 0 Å². The summed E-state index contributed by atoms with van der Waals surface area (Å²) < 4.78 is 0. The van der Waals surface area contributed by atoms with E-state index in [4.69, 9.17) is 5.73 Å². The van der Waals surface area contributed by atoms with E-state index < -0.39 is 0 Å². The highest BCUT2D eigenvalue weighted by molar-refractivity contribution is 4.88. The van der Waals surface area contributed by atoms with Crippen molar-refractivity contribution in [2.45, 2.75) is 84.1 Å². The molecular weight excluding hydrogens is 256 g/mol. The van der Waals surface area contributed by atoms with Crippen LogP contribution >= 0.6 is 0 Å². The summed E-state index contributed by atoms with van der Waals surface area (Å²) >= 11 is 0. The van der Waals surface area contributed by atoms with Gasteiger partial charge < -0.3 is 10.6 Å². The van der Waals surface area contributed by atoms with Crippen LogP contribution in [0, 0.1) is 17.8 Å². The van der Waals surface area contributed by atoms with Crippen molar-refractivity contribution in [1.29, 1.82) is 0 Å². The molecule has 2 fully saturated rings. The molecule has 0 spiro atoms. The highest BCUT2D eigenvalue weighted by Crippen LogP contribution is 2.36. The van der Waals surface area contributed by atoms with Crippen LogP contribution in [0.25, 0.3) is 0 Å². The minimum atomic E-state index is 0.765. The summed E-state index contributed by atoms with van der Waals surface area (Å²) in [5.41, 5.74) is 6.11. The maximum Gasteiger partial charge on any atom is 0.0138 e. The van der Waals surface area contributed by atoms with Crippen molar-refractivity contribution in [3.05, 3.63) is 0 Å². The van der Waals surface area contributed by atoms with Gasteiger partial charge in [-0.25, -0.2) is 0 Å². The summed E-state index contributed by atoms with van der Waals surface area (Å²) in [5, 5.41) is 0. The molecule has 0 amide bonds. The Bertz CT molecular complexity index is 279. The first-order chi connectivity index (χ1) is 10.3. The van der Waals surface area contributed by atoms with E-state index >= 15 is 0 Å². The minimum absolute atomic E-state index is 0.765. The summed E-state index contributed by atoms with van der Waals surface area (Å²) in [5.74, 6) is 2.73. The van der Waals surface area contributed by atoms with Gasteiger partial charge in [-0.1, -0.05) is 46.0 Å². The van der Waals surface area contributed by atoms with E-state index in [0.717, 1.165) is 30.3 Å². The van der Waals surface area contributed by atoms with E-state index in [9.17, 15) is 0 Å². The molecule has 2 rings (SSSR count). The Morgan fingerprint density at radius 2 is 1.67 bits per heavy atom. The second kappa shape index (κ2) is 9.15. The Kier molecular flexibility index (Phi) is 7.53. The Labute approximate surface area is 132 Å². The predicted octanol–water partition coefficient (Wildman–Crippen LogP) is 4.43. The molecule has 1 aliphatic carbocycles. The van der Waals surface area contributed by atoms with Crippen molar-refractivity contribution in [1.82, 2.24) is 4.90 Å². The van der Waals surface area contributed by atoms with Gasteiger partial charge in [-0.2, -0.15) is 0 Å². The average Bonchev–Trinajstić information content (AvgIpc) is 2.73. The SMILES string of the molecule is CCCC1CCCN(C2CC(CCC)CCC2CN)CC1. The van der Waals surface area contributed by atoms with Crippen LogP contribution in [-0.4, -0.2) is 30.6 Å². The van der Waals surface area contributed by atoms with E-state index in [1.807, 2.05) is 0 Å². The zero-order valence-electron chi connectivity index (χ0n) is 14.5. The summed E-state index contributed by atoms with van der Waals surface area (Å²) in [7, 11) is 0. The first kappa shape index (κ1) is 17.3. The topological polar surface area (TPSA) is 29.3 Å². The van der Waals surface area contributed by atoms with Crippen molar-refractivity contribution in [3.63, 3.8) is 0 Å². The Balaban J connectivity index is 1.92. The number of likely N-dealkylation sites (tertiary alicyclic amines) is 1. The highest BCUT2D eigenvalue weighted by Gasteiger charge is 2.34. The first-order valence-electron chi connectivity index (χ1n) is 9.72. The van der Waals surface area contributed by atoms with Crippen LogP contribution in [0.4, 0.5) is 0 Å². The Morgan fingerprint density at radius 3 is 2.38 bits per heavy atom. The minimum Gasteiger partial charge on any atom is -0.330 e. The summed E-state index contributed by atoms with van der Waals surface area (Å²) in [4.78, 5) is 2.84. The molecule has 1 saturated carbocycles. The zero-order chi connectivity index (χ0) is 15.1. The molecule has 4 unspecified atom stereocenters. The number of rotatable bonds is 6. The number of hydrogen-bond donors (Lipinski definition) is 1. The number of nitrogens with two attached hydrogens (primary N) is 1. The van der Waals surface area contributed by atoms with Gasteiger partial charge in [0.25, 0.3) is 0 Å². The van der Waals surface area contributed by atoms with Gasteiger partial charge in [0, 0.05) is 6.04 Å². The summed E-state index contributed by atoms with van der Waals surface area (Å²) in [6.45, 7) is 8.25. The van der Waals surface area contributed by atoms with E-state index in [-0.39, 0.29) is 0 Å². The summed E-state index contributed by atoms with van der Waals surface area (Å²) in [6.07, 6.45) is 14.1. The van der Waals surface area contributed by atoms with Crippen LogP contribution in [0.1, 0.15) is 78.1 Å². The second-order valence-corrected chi connectivity index (χ2v) is 7.65. The molecule has 2 heteroatoms. The lowest BCUT2D eigenvalue weighted by Gasteiger charge is -2.42. The smallest absolute Gasteiger partial charge is 0.0138 e. The number of hydrogen-bond acceptors (Lipinski definition) is 2. The van der Waals surface area contributed by atoms with Gasteiger partial charge in [0.15, 0.2) is 0 Å². The molecular formula is C19H38N2.